The van der Waals surface area contributed by atoms with Gasteiger partial charge in [0.1, 0.15) is 6.54 Å². The lowest BCUT2D eigenvalue weighted by molar-refractivity contribution is -0.142. The number of hydrogen-bond acceptors (Lipinski definition) is 4. The summed E-state index contributed by atoms with van der Waals surface area (Å²) in [5.74, 6) is -1.52. The second-order valence-electron chi connectivity index (χ2n) is 5.69. The van der Waals surface area contributed by atoms with Crippen molar-refractivity contribution in [3.05, 3.63) is 0 Å². The minimum atomic E-state index is -0.982. The van der Waals surface area contributed by atoms with Crippen LogP contribution in [0.25, 0.3) is 0 Å². The highest BCUT2D eigenvalue weighted by Crippen LogP contribution is 2.22. The molecule has 7 nitrogen and oxygen atoms in total. The Balaban J connectivity index is 4.31. The van der Waals surface area contributed by atoms with Gasteiger partial charge in [-0.2, -0.15) is 0 Å². The number of carboxylic acid groups (broad SMARTS) is 1. The Morgan fingerprint density at radius 1 is 1.25 bits per heavy atom. The van der Waals surface area contributed by atoms with Crippen LogP contribution in [-0.2, 0) is 14.3 Å². The lowest BCUT2D eigenvalue weighted by Crippen LogP contribution is -2.46. The molecule has 0 fully saturated rings. The van der Waals surface area contributed by atoms with Gasteiger partial charge in [0.05, 0.1) is 13.0 Å². The average molecular weight is 288 g/mol. The number of rotatable bonds is 7. The molecule has 0 aromatic carbocycles. The molecular formula is C13H24N2O5. The number of carbonyl (C=O) groups excluding carboxylic acids is 2. The first kappa shape index (κ1) is 18.2. The van der Waals surface area contributed by atoms with Gasteiger partial charge in [0.25, 0.3) is 0 Å². The molecule has 0 aliphatic carbocycles. The number of carboxylic acids is 1. The van der Waals surface area contributed by atoms with E-state index < -0.39 is 24.0 Å². The fourth-order valence-electron chi connectivity index (χ4n) is 1.73. The largest absolute Gasteiger partial charge is 0.481 e. The highest BCUT2D eigenvalue weighted by Gasteiger charge is 2.22. The number of amides is 2. The first-order valence-corrected chi connectivity index (χ1v) is 6.56. The van der Waals surface area contributed by atoms with E-state index in [1.807, 2.05) is 20.8 Å². The summed E-state index contributed by atoms with van der Waals surface area (Å²) in [6, 6.07) is -1.07. The van der Waals surface area contributed by atoms with Crippen molar-refractivity contribution in [2.24, 2.45) is 5.41 Å². The topological polar surface area (TPSA) is 105 Å². The average Bonchev–Trinajstić information content (AvgIpc) is 2.23. The first-order valence-electron chi connectivity index (χ1n) is 6.56. The van der Waals surface area contributed by atoms with Crippen LogP contribution in [-0.4, -0.2) is 42.3 Å². The third-order valence-electron chi connectivity index (χ3n) is 2.31. The highest BCUT2D eigenvalue weighted by molar-refractivity contribution is 5.81. The predicted octanol–water partition coefficient (Wildman–Crippen LogP) is 1.13. The number of aliphatic carboxylic acids is 1. The van der Waals surface area contributed by atoms with Gasteiger partial charge >= 0.3 is 18.0 Å². The van der Waals surface area contributed by atoms with Gasteiger partial charge in [-0.1, -0.05) is 20.8 Å². The number of urea groups is 1. The van der Waals surface area contributed by atoms with E-state index in [4.69, 9.17) is 5.11 Å². The lowest BCUT2D eigenvalue weighted by Gasteiger charge is -2.25. The fraction of sp³-hybridized carbons (Fsp3) is 0.769. The van der Waals surface area contributed by atoms with Crippen molar-refractivity contribution >= 4 is 18.0 Å². The van der Waals surface area contributed by atoms with E-state index in [0.29, 0.717) is 6.42 Å². The summed E-state index contributed by atoms with van der Waals surface area (Å²) in [7, 11) is 0. The molecule has 0 radical (unpaired) electrons. The Hall–Kier alpha value is -1.79. The van der Waals surface area contributed by atoms with Crippen molar-refractivity contribution in [2.45, 2.75) is 46.6 Å². The molecule has 1 unspecified atom stereocenters. The summed E-state index contributed by atoms with van der Waals surface area (Å²) < 4.78 is 4.67. The highest BCUT2D eigenvalue weighted by atomic mass is 16.5. The van der Waals surface area contributed by atoms with Crippen molar-refractivity contribution in [1.29, 1.82) is 0 Å². The molecule has 7 heteroatoms. The first-order chi connectivity index (χ1) is 9.14. The van der Waals surface area contributed by atoms with Crippen LogP contribution >= 0.6 is 0 Å². The Morgan fingerprint density at radius 2 is 1.85 bits per heavy atom. The van der Waals surface area contributed by atoms with Crippen LogP contribution in [0.1, 0.15) is 40.5 Å². The van der Waals surface area contributed by atoms with Gasteiger partial charge in [-0.15, -0.1) is 0 Å². The molecule has 116 valence electrons. The quantitative estimate of drug-likeness (QED) is 0.609. The summed E-state index contributed by atoms with van der Waals surface area (Å²) in [4.78, 5) is 33.5. The molecule has 0 aliphatic heterocycles. The minimum absolute atomic E-state index is 0.117. The molecule has 0 heterocycles. The summed E-state index contributed by atoms with van der Waals surface area (Å²) in [6.45, 7) is 7.55. The third-order valence-corrected chi connectivity index (χ3v) is 2.31. The maximum atomic E-state index is 11.6. The third kappa shape index (κ3) is 10.2. The number of esters is 1. The van der Waals surface area contributed by atoms with E-state index in [1.54, 1.807) is 6.92 Å². The molecule has 3 N–H and O–H groups in total. The van der Waals surface area contributed by atoms with Crippen LogP contribution in [0, 0.1) is 5.41 Å². The molecule has 1 atom stereocenters. The molecule has 2 amide bonds. The normalized spacial score (nSPS) is 12.4. The van der Waals surface area contributed by atoms with Crippen LogP contribution in [0.4, 0.5) is 4.79 Å². The van der Waals surface area contributed by atoms with Crippen LogP contribution in [0.3, 0.4) is 0 Å². The van der Waals surface area contributed by atoms with Crippen LogP contribution in [0.2, 0.25) is 0 Å². The Morgan fingerprint density at radius 3 is 2.30 bits per heavy atom. The smallest absolute Gasteiger partial charge is 0.325 e. The molecule has 0 bridgehead atoms. The maximum Gasteiger partial charge on any atom is 0.325 e. The standard InChI is InChI=1S/C13H24N2O5/c1-5-20-11(18)8-14-12(19)15-9(6-10(16)17)7-13(2,3)4/h9H,5-8H2,1-4H3,(H,16,17)(H2,14,15,19). The number of nitrogens with one attached hydrogen (secondary N) is 2. The van der Waals surface area contributed by atoms with Crippen molar-refractivity contribution in [1.82, 2.24) is 10.6 Å². The Labute approximate surface area is 119 Å². The molecule has 20 heavy (non-hydrogen) atoms. The van der Waals surface area contributed by atoms with E-state index in [-0.39, 0.29) is 25.0 Å². The zero-order valence-electron chi connectivity index (χ0n) is 12.5. The lowest BCUT2D eigenvalue weighted by atomic mass is 9.87. The van der Waals surface area contributed by atoms with Gasteiger partial charge in [-0.25, -0.2) is 4.79 Å². The molecule has 0 aliphatic rings. The number of hydrogen-bond donors (Lipinski definition) is 3. The van der Waals surface area contributed by atoms with Crippen LogP contribution < -0.4 is 10.6 Å². The van der Waals surface area contributed by atoms with Crippen LogP contribution in [0.15, 0.2) is 0 Å². The van der Waals surface area contributed by atoms with Gasteiger partial charge < -0.3 is 20.5 Å². The second-order valence-corrected chi connectivity index (χ2v) is 5.69. The van der Waals surface area contributed by atoms with E-state index >= 15 is 0 Å². The predicted molar refractivity (Wildman–Crippen MR) is 73.3 cm³/mol. The summed E-state index contributed by atoms with van der Waals surface area (Å²) in [6.07, 6.45) is 0.357. The van der Waals surface area contributed by atoms with Crippen molar-refractivity contribution in [2.75, 3.05) is 13.2 Å². The van der Waals surface area contributed by atoms with Crippen molar-refractivity contribution in [3.8, 4) is 0 Å². The molecule has 0 rings (SSSR count). The van der Waals surface area contributed by atoms with E-state index in [0.717, 1.165) is 0 Å². The summed E-state index contributed by atoms with van der Waals surface area (Å²) in [5.41, 5.74) is -0.117. The van der Waals surface area contributed by atoms with Crippen molar-refractivity contribution < 1.29 is 24.2 Å². The van der Waals surface area contributed by atoms with E-state index in [1.165, 1.54) is 0 Å². The molecule has 0 spiro atoms. The minimum Gasteiger partial charge on any atom is -0.481 e. The second kappa shape index (κ2) is 8.39. The number of ether oxygens (including phenoxy) is 1. The molecule has 0 aromatic rings. The van der Waals surface area contributed by atoms with E-state index in [9.17, 15) is 14.4 Å². The number of carbonyl (C=O) groups is 3. The summed E-state index contributed by atoms with van der Waals surface area (Å²) >= 11 is 0. The van der Waals surface area contributed by atoms with Gasteiger partial charge in [0, 0.05) is 6.04 Å². The van der Waals surface area contributed by atoms with Gasteiger partial charge in [0.15, 0.2) is 0 Å². The van der Waals surface area contributed by atoms with Crippen LogP contribution in [0.5, 0.6) is 0 Å². The maximum absolute atomic E-state index is 11.6. The summed E-state index contributed by atoms with van der Waals surface area (Å²) in [5, 5.41) is 13.7. The van der Waals surface area contributed by atoms with Gasteiger partial charge in [0.2, 0.25) is 0 Å². The SMILES string of the molecule is CCOC(=O)CNC(=O)NC(CC(=O)O)CC(C)(C)C. The molecular weight excluding hydrogens is 264 g/mol. The van der Waals surface area contributed by atoms with Gasteiger partial charge in [-0.3, -0.25) is 9.59 Å². The monoisotopic (exact) mass is 288 g/mol. The Bertz CT molecular complexity index is 349. The molecule has 0 saturated carbocycles. The van der Waals surface area contributed by atoms with Crippen molar-refractivity contribution in [3.63, 3.8) is 0 Å². The zero-order valence-corrected chi connectivity index (χ0v) is 12.5. The zero-order chi connectivity index (χ0) is 15.8. The van der Waals surface area contributed by atoms with Gasteiger partial charge in [-0.05, 0) is 18.8 Å². The fourth-order valence-corrected chi connectivity index (χ4v) is 1.73. The Kier molecular flexibility index (Phi) is 7.64. The molecule has 0 aromatic heterocycles. The molecule has 0 saturated heterocycles. The van der Waals surface area contributed by atoms with E-state index in [2.05, 4.69) is 15.4 Å².